The molecule has 15 heavy (non-hydrogen) atoms. The van der Waals surface area contributed by atoms with Gasteiger partial charge in [-0.05, 0) is 25.7 Å². The largest absolute Gasteiger partial charge is 0.370 e. The molecule has 2 heterocycles. The van der Waals surface area contributed by atoms with E-state index in [9.17, 15) is 0 Å². The number of ether oxygens (including phenoxy) is 1. The number of nitrogens with one attached hydrogen (secondary N) is 1. The summed E-state index contributed by atoms with van der Waals surface area (Å²) < 4.78 is 5.58. The standard InChI is InChI=1S/C11H17N3O/c1-2-5-8(4-1)10-12-11(14-13-10)9-6-3-7-15-9/h8-9H,1-7H2,(H,12,13,14). The summed E-state index contributed by atoms with van der Waals surface area (Å²) in [6.07, 6.45) is 7.56. The van der Waals surface area contributed by atoms with E-state index in [0.29, 0.717) is 5.92 Å². The van der Waals surface area contributed by atoms with Gasteiger partial charge in [-0.1, -0.05) is 12.8 Å². The van der Waals surface area contributed by atoms with Crippen molar-refractivity contribution in [2.45, 2.75) is 50.5 Å². The van der Waals surface area contributed by atoms with Gasteiger partial charge < -0.3 is 4.74 Å². The van der Waals surface area contributed by atoms with Crippen molar-refractivity contribution in [1.29, 1.82) is 0 Å². The van der Waals surface area contributed by atoms with Crippen LogP contribution in [-0.4, -0.2) is 21.8 Å². The molecule has 1 unspecified atom stereocenters. The Labute approximate surface area is 89.4 Å². The van der Waals surface area contributed by atoms with E-state index in [0.717, 1.165) is 31.1 Å². The molecular weight excluding hydrogens is 190 g/mol. The Morgan fingerprint density at radius 3 is 2.73 bits per heavy atom. The number of aromatic amines is 1. The quantitative estimate of drug-likeness (QED) is 0.809. The highest BCUT2D eigenvalue weighted by atomic mass is 16.5. The van der Waals surface area contributed by atoms with Crippen LogP contribution in [0.1, 0.15) is 62.2 Å². The highest BCUT2D eigenvalue weighted by Crippen LogP contribution is 2.33. The zero-order valence-corrected chi connectivity index (χ0v) is 8.91. The van der Waals surface area contributed by atoms with Crippen LogP contribution in [0.25, 0.3) is 0 Å². The van der Waals surface area contributed by atoms with Gasteiger partial charge in [-0.15, -0.1) is 0 Å². The first-order chi connectivity index (χ1) is 7.43. The zero-order chi connectivity index (χ0) is 10.1. The molecular formula is C11H17N3O. The Balaban J connectivity index is 1.74. The molecule has 1 aliphatic carbocycles. The second-order valence-electron chi connectivity index (χ2n) is 4.56. The van der Waals surface area contributed by atoms with Crippen LogP contribution in [0, 0.1) is 0 Å². The van der Waals surface area contributed by atoms with Crippen LogP contribution >= 0.6 is 0 Å². The molecule has 4 nitrogen and oxygen atoms in total. The Morgan fingerprint density at radius 2 is 2.00 bits per heavy atom. The fraction of sp³-hybridized carbons (Fsp3) is 0.818. The summed E-state index contributed by atoms with van der Waals surface area (Å²) in [6.45, 7) is 0.865. The summed E-state index contributed by atoms with van der Waals surface area (Å²) in [4.78, 5) is 4.58. The fourth-order valence-corrected chi connectivity index (χ4v) is 2.59. The molecule has 1 N–H and O–H groups in total. The van der Waals surface area contributed by atoms with Crippen LogP contribution in [0.2, 0.25) is 0 Å². The third-order valence-corrected chi connectivity index (χ3v) is 3.47. The topological polar surface area (TPSA) is 50.8 Å². The maximum atomic E-state index is 5.58. The van der Waals surface area contributed by atoms with E-state index in [1.54, 1.807) is 0 Å². The fourth-order valence-electron chi connectivity index (χ4n) is 2.59. The lowest BCUT2D eigenvalue weighted by atomic mass is 10.1. The third kappa shape index (κ3) is 1.78. The summed E-state index contributed by atoms with van der Waals surface area (Å²) in [5, 5.41) is 7.37. The predicted octanol–water partition coefficient (Wildman–Crippen LogP) is 2.31. The minimum atomic E-state index is 0.174. The smallest absolute Gasteiger partial charge is 0.153 e. The van der Waals surface area contributed by atoms with E-state index >= 15 is 0 Å². The minimum absolute atomic E-state index is 0.174. The zero-order valence-electron chi connectivity index (χ0n) is 8.91. The van der Waals surface area contributed by atoms with Crippen LogP contribution in [0.4, 0.5) is 0 Å². The van der Waals surface area contributed by atoms with E-state index in [1.165, 1.54) is 25.7 Å². The molecule has 82 valence electrons. The van der Waals surface area contributed by atoms with Crippen LogP contribution < -0.4 is 0 Å². The van der Waals surface area contributed by atoms with Gasteiger partial charge in [0.2, 0.25) is 0 Å². The molecule has 1 saturated heterocycles. The molecule has 0 aromatic carbocycles. The molecule has 0 bridgehead atoms. The summed E-state index contributed by atoms with van der Waals surface area (Å²) >= 11 is 0. The highest BCUT2D eigenvalue weighted by Gasteiger charge is 2.25. The Bertz CT molecular complexity index is 294. The van der Waals surface area contributed by atoms with Crippen molar-refractivity contribution >= 4 is 0 Å². The molecule has 2 aliphatic rings. The van der Waals surface area contributed by atoms with Gasteiger partial charge in [-0.25, -0.2) is 4.98 Å². The van der Waals surface area contributed by atoms with E-state index in [4.69, 9.17) is 4.74 Å². The maximum absolute atomic E-state index is 5.58. The summed E-state index contributed by atoms with van der Waals surface area (Å²) in [5.41, 5.74) is 0. The van der Waals surface area contributed by atoms with Crippen LogP contribution in [0.3, 0.4) is 0 Å². The van der Waals surface area contributed by atoms with E-state index in [1.807, 2.05) is 0 Å². The van der Waals surface area contributed by atoms with Crippen LogP contribution in [0.5, 0.6) is 0 Å². The predicted molar refractivity (Wildman–Crippen MR) is 55.5 cm³/mol. The minimum Gasteiger partial charge on any atom is -0.370 e. The number of H-pyrrole nitrogens is 1. The van der Waals surface area contributed by atoms with Crippen LogP contribution in [0.15, 0.2) is 0 Å². The van der Waals surface area contributed by atoms with Crippen molar-refractivity contribution in [2.75, 3.05) is 6.61 Å². The maximum Gasteiger partial charge on any atom is 0.153 e. The molecule has 0 radical (unpaired) electrons. The lowest BCUT2D eigenvalue weighted by Gasteiger charge is -2.04. The van der Waals surface area contributed by atoms with Crippen molar-refractivity contribution in [2.24, 2.45) is 0 Å². The molecule has 1 aliphatic heterocycles. The summed E-state index contributed by atoms with van der Waals surface area (Å²) in [7, 11) is 0. The summed E-state index contributed by atoms with van der Waals surface area (Å²) in [5.74, 6) is 2.55. The van der Waals surface area contributed by atoms with E-state index in [2.05, 4.69) is 15.2 Å². The summed E-state index contributed by atoms with van der Waals surface area (Å²) in [6, 6.07) is 0. The Morgan fingerprint density at radius 1 is 1.13 bits per heavy atom. The van der Waals surface area contributed by atoms with Crippen molar-refractivity contribution in [3.05, 3.63) is 11.6 Å². The van der Waals surface area contributed by atoms with Crippen LogP contribution in [-0.2, 0) is 4.74 Å². The lowest BCUT2D eigenvalue weighted by molar-refractivity contribution is 0.105. The lowest BCUT2D eigenvalue weighted by Crippen LogP contribution is -1.99. The highest BCUT2D eigenvalue weighted by molar-refractivity contribution is 5.02. The van der Waals surface area contributed by atoms with Gasteiger partial charge in [0.1, 0.15) is 6.10 Å². The average Bonchev–Trinajstić information content (AvgIpc) is 3.02. The molecule has 3 rings (SSSR count). The van der Waals surface area contributed by atoms with E-state index in [-0.39, 0.29) is 6.10 Å². The first-order valence-corrected chi connectivity index (χ1v) is 5.97. The van der Waals surface area contributed by atoms with Gasteiger partial charge in [0, 0.05) is 12.5 Å². The third-order valence-electron chi connectivity index (χ3n) is 3.47. The number of aromatic nitrogens is 3. The van der Waals surface area contributed by atoms with Crippen molar-refractivity contribution in [3.63, 3.8) is 0 Å². The number of nitrogens with zero attached hydrogens (tertiary/aromatic N) is 2. The molecule has 0 amide bonds. The average molecular weight is 207 g/mol. The van der Waals surface area contributed by atoms with Crippen molar-refractivity contribution < 1.29 is 4.74 Å². The van der Waals surface area contributed by atoms with E-state index < -0.39 is 0 Å². The second-order valence-corrected chi connectivity index (χ2v) is 4.56. The second kappa shape index (κ2) is 3.93. The molecule has 1 aromatic heterocycles. The number of hydrogen-bond donors (Lipinski definition) is 1. The first-order valence-electron chi connectivity index (χ1n) is 5.97. The molecule has 1 saturated carbocycles. The Kier molecular flexibility index (Phi) is 2.44. The molecule has 0 spiro atoms. The first kappa shape index (κ1) is 9.33. The van der Waals surface area contributed by atoms with Gasteiger partial charge in [0.25, 0.3) is 0 Å². The number of hydrogen-bond acceptors (Lipinski definition) is 3. The Hall–Kier alpha value is -0.900. The molecule has 1 atom stereocenters. The van der Waals surface area contributed by atoms with Gasteiger partial charge >= 0.3 is 0 Å². The normalized spacial score (nSPS) is 27.6. The van der Waals surface area contributed by atoms with Gasteiger partial charge in [-0.2, -0.15) is 5.10 Å². The van der Waals surface area contributed by atoms with Gasteiger partial charge in [0.05, 0.1) is 0 Å². The molecule has 1 aromatic rings. The van der Waals surface area contributed by atoms with Gasteiger partial charge in [-0.3, -0.25) is 5.10 Å². The number of rotatable bonds is 2. The van der Waals surface area contributed by atoms with Crippen molar-refractivity contribution in [1.82, 2.24) is 15.2 Å². The molecule has 2 fully saturated rings. The SMILES string of the molecule is C1CCC(c2n[nH]c(C3CCCO3)n2)C1. The molecule has 4 heteroatoms. The van der Waals surface area contributed by atoms with Gasteiger partial charge in [0.15, 0.2) is 11.6 Å². The van der Waals surface area contributed by atoms with Crippen molar-refractivity contribution in [3.8, 4) is 0 Å². The monoisotopic (exact) mass is 207 g/mol.